The lowest BCUT2D eigenvalue weighted by atomic mass is 10.1. The van der Waals surface area contributed by atoms with E-state index in [2.05, 4.69) is 50.0 Å². The van der Waals surface area contributed by atoms with Gasteiger partial charge in [-0.1, -0.05) is 24.3 Å². The molecule has 29 heavy (non-hydrogen) atoms. The van der Waals surface area contributed by atoms with Crippen LogP contribution in [0.25, 0.3) is 10.9 Å². The molecule has 0 amide bonds. The van der Waals surface area contributed by atoms with E-state index in [-0.39, 0.29) is 6.79 Å². The number of fused-ring (bicyclic) bond motifs is 2. The van der Waals surface area contributed by atoms with Crippen LogP contribution in [0.1, 0.15) is 11.1 Å². The van der Waals surface area contributed by atoms with Gasteiger partial charge in [-0.2, -0.15) is 4.98 Å². The molecular formula is C22H21N5O2. The molecule has 3 heterocycles. The Bertz CT molecular complexity index is 1140. The molecule has 3 N–H and O–H groups in total. The highest BCUT2D eigenvalue weighted by Gasteiger charge is 2.13. The second-order valence-electron chi connectivity index (χ2n) is 6.84. The van der Waals surface area contributed by atoms with Crippen molar-refractivity contribution in [2.45, 2.75) is 13.0 Å². The largest absolute Gasteiger partial charge is 0.454 e. The average molecular weight is 387 g/mol. The predicted octanol–water partition coefficient (Wildman–Crippen LogP) is 3.95. The first-order chi connectivity index (χ1) is 14.3. The van der Waals surface area contributed by atoms with Crippen LogP contribution in [0, 0.1) is 0 Å². The number of para-hydroxylation sites is 1. The van der Waals surface area contributed by atoms with E-state index >= 15 is 0 Å². The molecule has 1 aliphatic heterocycles. The number of ether oxygens (including phenoxy) is 2. The summed E-state index contributed by atoms with van der Waals surface area (Å²) in [6.45, 7) is 1.68. The fourth-order valence-corrected chi connectivity index (χ4v) is 3.43. The smallest absolute Gasteiger partial charge is 0.231 e. The van der Waals surface area contributed by atoms with Crippen LogP contribution >= 0.6 is 0 Å². The molecule has 0 aliphatic carbocycles. The summed E-state index contributed by atoms with van der Waals surface area (Å²) >= 11 is 0. The van der Waals surface area contributed by atoms with E-state index < -0.39 is 0 Å². The molecule has 4 aromatic rings. The van der Waals surface area contributed by atoms with E-state index in [4.69, 9.17) is 9.47 Å². The molecule has 0 bridgehead atoms. The van der Waals surface area contributed by atoms with Crippen molar-refractivity contribution in [1.82, 2.24) is 15.0 Å². The zero-order valence-corrected chi connectivity index (χ0v) is 15.8. The van der Waals surface area contributed by atoms with Gasteiger partial charge in [0, 0.05) is 36.4 Å². The minimum atomic E-state index is 0.283. The van der Waals surface area contributed by atoms with Crippen molar-refractivity contribution in [2.75, 3.05) is 24.0 Å². The third-order valence-electron chi connectivity index (χ3n) is 4.92. The van der Waals surface area contributed by atoms with E-state index in [0.717, 1.165) is 41.4 Å². The zero-order valence-electron chi connectivity index (χ0n) is 15.8. The van der Waals surface area contributed by atoms with Crippen LogP contribution in [0.15, 0.2) is 60.9 Å². The molecule has 0 saturated heterocycles. The van der Waals surface area contributed by atoms with Gasteiger partial charge in [-0.3, -0.25) is 0 Å². The summed E-state index contributed by atoms with van der Waals surface area (Å²) in [5.41, 5.74) is 3.54. The molecule has 1 aliphatic rings. The van der Waals surface area contributed by atoms with E-state index in [1.807, 2.05) is 30.3 Å². The maximum Gasteiger partial charge on any atom is 0.231 e. The number of rotatable bonds is 7. The zero-order chi connectivity index (χ0) is 19.5. The molecule has 146 valence electrons. The van der Waals surface area contributed by atoms with Gasteiger partial charge in [0.25, 0.3) is 0 Å². The van der Waals surface area contributed by atoms with Crippen LogP contribution in [0.3, 0.4) is 0 Å². The van der Waals surface area contributed by atoms with Gasteiger partial charge in [0.05, 0.1) is 0 Å². The third kappa shape index (κ3) is 3.80. The fourth-order valence-electron chi connectivity index (χ4n) is 3.43. The van der Waals surface area contributed by atoms with Crippen molar-refractivity contribution in [1.29, 1.82) is 0 Å². The highest BCUT2D eigenvalue weighted by Crippen LogP contribution is 2.32. The minimum Gasteiger partial charge on any atom is -0.454 e. The van der Waals surface area contributed by atoms with Crippen LogP contribution in [-0.4, -0.2) is 28.3 Å². The number of nitrogens with one attached hydrogen (secondary N) is 3. The SMILES string of the molecule is c1ccc2c(CCNc3nccc(NCc4ccc5c(c4)OCO5)n3)c[nH]c2c1. The van der Waals surface area contributed by atoms with E-state index in [0.29, 0.717) is 12.5 Å². The number of benzene rings is 2. The van der Waals surface area contributed by atoms with Crippen molar-refractivity contribution in [3.63, 3.8) is 0 Å². The number of aromatic nitrogens is 3. The highest BCUT2D eigenvalue weighted by atomic mass is 16.7. The molecule has 0 spiro atoms. The number of anilines is 2. The molecule has 2 aromatic heterocycles. The first-order valence-electron chi connectivity index (χ1n) is 9.59. The van der Waals surface area contributed by atoms with Crippen LogP contribution in [0.5, 0.6) is 11.5 Å². The Morgan fingerprint density at radius 2 is 1.93 bits per heavy atom. The van der Waals surface area contributed by atoms with Gasteiger partial charge in [-0.15, -0.1) is 0 Å². The average Bonchev–Trinajstić information content (AvgIpc) is 3.39. The molecule has 7 nitrogen and oxygen atoms in total. The number of hydrogen-bond acceptors (Lipinski definition) is 6. The number of hydrogen-bond donors (Lipinski definition) is 3. The number of aromatic amines is 1. The van der Waals surface area contributed by atoms with E-state index in [1.165, 1.54) is 10.9 Å². The highest BCUT2D eigenvalue weighted by molar-refractivity contribution is 5.83. The Hall–Kier alpha value is -3.74. The van der Waals surface area contributed by atoms with Crippen molar-refractivity contribution in [3.8, 4) is 11.5 Å². The summed E-state index contributed by atoms with van der Waals surface area (Å²) in [5, 5.41) is 7.89. The second-order valence-corrected chi connectivity index (χ2v) is 6.84. The summed E-state index contributed by atoms with van der Waals surface area (Å²) in [7, 11) is 0. The molecule has 0 unspecified atom stereocenters. The second kappa shape index (κ2) is 7.71. The first-order valence-corrected chi connectivity index (χ1v) is 9.59. The van der Waals surface area contributed by atoms with Crippen molar-refractivity contribution < 1.29 is 9.47 Å². The van der Waals surface area contributed by atoms with Crippen LogP contribution in [0.2, 0.25) is 0 Å². The van der Waals surface area contributed by atoms with Gasteiger partial charge in [0.1, 0.15) is 5.82 Å². The Labute approximate surface area is 168 Å². The third-order valence-corrected chi connectivity index (χ3v) is 4.92. The molecule has 0 atom stereocenters. The van der Waals surface area contributed by atoms with Gasteiger partial charge >= 0.3 is 0 Å². The minimum absolute atomic E-state index is 0.283. The predicted molar refractivity (Wildman–Crippen MR) is 112 cm³/mol. The summed E-state index contributed by atoms with van der Waals surface area (Å²) in [4.78, 5) is 12.2. The number of H-pyrrole nitrogens is 1. The Morgan fingerprint density at radius 1 is 1.00 bits per heavy atom. The normalized spacial score (nSPS) is 12.3. The molecule has 0 radical (unpaired) electrons. The molecular weight excluding hydrogens is 366 g/mol. The summed E-state index contributed by atoms with van der Waals surface area (Å²) in [5.74, 6) is 2.96. The maximum atomic E-state index is 5.42. The van der Waals surface area contributed by atoms with Gasteiger partial charge in [0.15, 0.2) is 11.5 Å². The van der Waals surface area contributed by atoms with Crippen molar-refractivity contribution in [3.05, 3.63) is 72.1 Å². The van der Waals surface area contributed by atoms with Gasteiger partial charge in [0.2, 0.25) is 12.7 Å². The molecule has 2 aromatic carbocycles. The molecule has 7 heteroatoms. The quantitative estimate of drug-likeness (QED) is 0.445. The van der Waals surface area contributed by atoms with Gasteiger partial charge in [-0.05, 0) is 41.8 Å². The maximum absolute atomic E-state index is 5.42. The van der Waals surface area contributed by atoms with Crippen LogP contribution in [-0.2, 0) is 13.0 Å². The Balaban J connectivity index is 1.17. The first kappa shape index (κ1) is 17.4. The van der Waals surface area contributed by atoms with E-state index in [1.54, 1.807) is 6.20 Å². The molecule has 0 fully saturated rings. The van der Waals surface area contributed by atoms with Crippen LogP contribution < -0.4 is 20.1 Å². The molecule has 5 rings (SSSR count). The van der Waals surface area contributed by atoms with Crippen LogP contribution in [0.4, 0.5) is 11.8 Å². The fraction of sp³-hybridized carbons (Fsp3) is 0.182. The van der Waals surface area contributed by atoms with Gasteiger partial charge < -0.3 is 25.1 Å². The lowest BCUT2D eigenvalue weighted by Crippen LogP contribution is -2.09. The summed E-state index contributed by atoms with van der Waals surface area (Å²) in [6, 6.07) is 16.1. The Kier molecular flexibility index (Phi) is 4.62. The standard InChI is InChI=1S/C22H21N5O2/c1-2-4-18-17(3-1)16(13-25-18)7-9-23-22-24-10-8-21(27-22)26-12-15-5-6-19-20(11-15)29-14-28-19/h1-6,8,10-11,13,25H,7,9,12,14H2,(H2,23,24,26,27). The van der Waals surface area contributed by atoms with Gasteiger partial charge in [-0.25, -0.2) is 4.98 Å². The topological polar surface area (TPSA) is 84.1 Å². The summed E-state index contributed by atoms with van der Waals surface area (Å²) in [6.07, 6.45) is 4.71. The lowest BCUT2D eigenvalue weighted by molar-refractivity contribution is 0.174. The van der Waals surface area contributed by atoms with Crippen molar-refractivity contribution in [2.24, 2.45) is 0 Å². The Morgan fingerprint density at radius 3 is 2.93 bits per heavy atom. The summed E-state index contributed by atoms with van der Waals surface area (Å²) < 4.78 is 10.8. The van der Waals surface area contributed by atoms with E-state index in [9.17, 15) is 0 Å². The molecule has 0 saturated carbocycles. The number of nitrogens with zero attached hydrogens (tertiary/aromatic N) is 2. The monoisotopic (exact) mass is 387 g/mol. The van der Waals surface area contributed by atoms with Crippen molar-refractivity contribution >= 4 is 22.7 Å². The lowest BCUT2D eigenvalue weighted by Gasteiger charge is -2.09.